The minimum atomic E-state index is -0.327. The van der Waals surface area contributed by atoms with Crippen LogP contribution in [-0.2, 0) is 10.2 Å². The molecule has 21 heavy (non-hydrogen) atoms. The zero-order valence-electron chi connectivity index (χ0n) is 12.7. The van der Waals surface area contributed by atoms with Gasteiger partial charge in [0.15, 0.2) is 0 Å². The van der Waals surface area contributed by atoms with Crippen molar-refractivity contribution in [3.63, 3.8) is 0 Å². The van der Waals surface area contributed by atoms with E-state index in [-0.39, 0.29) is 5.41 Å². The van der Waals surface area contributed by atoms with E-state index in [0.29, 0.717) is 5.91 Å². The van der Waals surface area contributed by atoms with Crippen molar-refractivity contribution in [2.75, 3.05) is 33.3 Å². The quantitative estimate of drug-likeness (QED) is 0.924. The molecule has 3 rings (SSSR count). The highest BCUT2D eigenvalue weighted by Crippen LogP contribution is 2.43. The number of amides is 1. The van der Waals surface area contributed by atoms with Crippen LogP contribution in [0, 0.1) is 0 Å². The molecular weight excluding hydrogens is 264 g/mol. The molecule has 4 nitrogen and oxygen atoms in total. The van der Waals surface area contributed by atoms with Crippen LogP contribution in [0.4, 0.5) is 0 Å². The van der Waals surface area contributed by atoms with E-state index in [2.05, 4.69) is 11.4 Å². The van der Waals surface area contributed by atoms with Crippen molar-refractivity contribution >= 4 is 5.91 Å². The topological polar surface area (TPSA) is 41.6 Å². The summed E-state index contributed by atoms with van der Waals surface area (Å²) in [5, 5.41) is 3.32. The molecule has 1 N–H and O–H groups in total. The molecule has 1 aromatic carbocycles. The second kappa shape index (κ2) is 6.06. The maximum atomic E-state index is 13.2. The molecule has 0 radical (unpaired) electrons. The molecule has 1 heterocycles. The van der Waals surface area contributed by atoms with Crippen LogP contribution in [0.3, 0.4) is 0 Å². The Kier molecular flexibility index (Phi) is 4.15. The van der Waals surface area contributed by atoms with Gasteiger partial charge in [-0.2, -0.15) is 0 Å². The highest BCUT2D eigenvalue weighted by atomic mass is 16.5. The minimum Gasteiger partial charge on any atom is -0.497 e. The van der Waals surface area contributed by atoms with Gasteiger partial charge >= 0.3 is 0 Å². The Morgan fingerprint density at radius 3 is 2.62 bits per heavy atom. The summed E-state index contributed by atoms with van der Waals surface area (Å²) in [7, 11) is 1.68. The molecule has 0 bridgehead atoms. The van der Waals surface area contributed by atoms with Gasteiger partial charge in [-0.25, -0.2) is 0 Å². The van der Waals surface area contributed by atoms with Crippen LogP contribution in [0.25, 0.3) is 0 Å². The summed E-state index contributed by atoms with van der Waals surface area (Å²) >= 11 is 0. The average molecular weight is 288 g/mol. The first kappa shape index (κ1) is 14.4. The van der Waals surface area contributed by atoms with Gasteiger partial charge in [0.1, 0.15) is 5.75 Å². The lowest BCUT2D eigenvalue weighted by molar-refractivity contribution is -0.138. The standard InChI is InChI=1S/C17H24N2O2/c1-21-15-6-4-5-14(13-15)17(7-2-3-8-17)16(20)19-11-9-18-10-12-19/h4-6,13,18H,2-3,7-12H2,1H3. The fourth-order valence-corrected chi connectivity index (χ4v) is 3.70. The van der Waals surface area contributed by atoms with Gasteiger partial charge < -0.3 is 15.0 Å². The molecule has 1 aromatic rings. The predicted molar refractivity (Wildman–Crippen MR) is 82.6 cm³/mol. The number of piperazine rings is 1. The summed E-state index contributed by atoms with van der Waals surface area (Å²) < 4.78 is 5.35. The third-order valence-corrected chi connectivity index (χ3v) is 4.89. The van der Waals surface area contributed by atoms with E-state index in [1.165, 1.54) is 0 Å². The number of ether oxygens (including phenoxy) is 1. The molecular formula is C17H24N2O2. The van der Waals surface area contributed by atoms with E-state index < -0.39 is 0 Å². The van der Waals surface area contributed by atoms with Gasteiger partial charge in [-0.15, -0.1) is 0 Å². The van der Waals surface area contributed by atoms with Crippen LogP contribution in [-0.4, -0.2) is 44.1 Å². The zero-order valence-corrected chi connectivity index (χ0v) is 12.7. The third kappa shape index (κ3) is 2.64. The lowest BCUT2D eigenvalue weighted by atomic mass is 9.77. The monoisotopic (exact) mass is 288 g/mol. The van der Waals surface area contributed by atoms with Gasteiger partial charge in [0, 0.05) is 26.2 Å². The summed E-state index contributed by atoms with van der Waals surface area (Å²) in [5.74, 6) is 1.15. The molecule has 0 atom stereocenters. The van der Waals surface area contributed by atoms with Crippen LogP contribution in [0.15, 0.2) is 24.3 Å². The molecule has 1 saturated heterocycles. The molecule has 4 heteroatoms. The van der Waals surface area contributed by atoms with Gasteiger partial charge in [0.25, 0.3) is 0 Å². The Morgan fingerprint density at radius 1 is 1.24 bits per heavy atom. The average Bonchev–Trinajstić information content (AvgIpc) is 3.06. The van der Waals surface area contributed by atoms with Crippen molar-refractivity contribution in [3.05, 3.63) is 29.8 Å². The maximum Gasteiger partial charge on any atom is 0.233 e. The largest absolute Gasteiger partial charge is 0.497 e. The molecule has 1 aliphatic heterocycles. The second-order valence-electron chi connectivity index (χ2n) is 6.06. The summed E-state index contributed by atoms with van der Waals surface area (Å²) in [6.45, 7) is 3.45. The van der Waals surface area contributed by atoms with Crippen molar-refractivity contribution in [3.8, 4) is 5.75 Å². The molecule has 0 unspecified atom stereocenters. The van der Waals surface area contributed by atoms with Crippen LogP contribution >= 0.6 is 0 Å². The number of carbonyl (C=O) groups excluding carboxylic acids is 1. The van der Waals surface area contributed by atoms with Crippen molar-refractivity contribution in [1.29, 1.82) is 0 Å². The third-order valence-electron chi connectivity index (χ3n) is 4.89. The molecule has 1 amide bonds. The summed E-state index contributed by atoms with van der Waals surface area (Å²) in [4.78, 5) is 15.2. The minimum absolute atomic E-state index is 0.315. The van der Waals surface area contributed by atoms with Crippen molar-refractivity contribution in [2.24, 2.45) is 0 Å². The SMILES string of the molecule is COc1cccc(C2(C(=O)N3CCNCC3)CCCC2)c1. The Labute approximate surface area is 126 Å². The first-order valence-electron chi connectivity index (χ1n) is 7.91. The molecule has 1 aliphatic carbocycles. The van der Waals surface area contributed by atoms with Crippen LogP contribution in [0.5, 0.6) is 5.75 Å². The predicted octanol–water partition coefficient (Wildman–Crippen LogP) is 1.94. The number of hydrogen-bond donors (Lipinski definition) is 1. The second-order valence-corrected chi connectivity index (χ2v) is 6.06. The van der Waals surface area contributed by atoms with Crippen molar-refractivity contribution < 1.29 is 9.53 Å². The fourth-order valence-electron chi connectivity index (χ4n) is 3.70. The van der Waals surface area contributed by atoms with E-state index in [4.69, 9.17) is 4.74 Å². The maximum absolute atomic E-state index is 13.2. The molecule has 2 aliphatic rings. The van der Waals surface area contributed by atoms with Crippen molar-refractivity contribution in [1.82, 2.24) is 10.2 Å². The van der Waals surface area contributed by atoms with Crippen LogP contribution < -0.4 is 10.1 Å². The highest BCUT2D eigenvalue weighted by Gasteiger charge is 2.45. The lowest BCUT2D eigenvalue weighted by Crippen LogP contribution is -2.52. The van der Waals surface area contributed by atoms with Crippen LogP contribution in [0.2, 0.25) is 0 Å². The molecule has 114 valence electrons. The Bertz CT molecular complexity index is 503. The van der Waals surface area contributed by atoms with E-state index in [1.54, 1.807) is 7.11 Å². The fraction of sp³-hybridized carbons (Fsp3) is 0.588. The molecule has 0 spiro atoms. The Balaban J connectivity index is 1.92. The van der Waals surface area contributed by atoms with E-state index in [9.17, 15) is 4.79 Å². The number of rotatable bonds is 3. The number of nitrogens with zero attached hydrogens (tertiary/aromatic N) is 1. The van der Waals surface area contributed by atoms with Gasteiger partial charge in [-0.3, -0.25) is 4.79 Å². The molecule has 2 fully saturated rings. The summed E-state index contributed by atoms with van der Waals surface area (Å²) in [5.41, 5.74) is 0.800. The number of methoxy groups -OCH3 is 1. The van der Waals surface area contributed by atoms with Crippen molar-refractivity contribution in [2.45, 2.75) is 31.1 Å². The normalized spacial score (nSPS) is 21.3. The summed E-state index contributed by atoms with van der Waals surface area (Å²) in [6.07, 6.45) is 4.19. The van der Waals surface area contributed by atoms with Gasteiger partial charge in [-0.05, 0) is 30.5 Å². The van der Waals surface area contributed by atoms with Crippen LogP contribution in [0.1, 0.15) is 31.2 Å². The molecule has 1 saturated carbocycles. The summed E-state index contributed by atoms with van der Waals surface area (Å²) in [6, 6.07) is 8.08. The lowest BCUT2D eigenvalue weighted by Gasteiger charge is -2.37. The van der Waals surface area contributed by atoms with Gasteiger partial charge in [-0.1, -0.05) is 25.0 Å². The van der Waals surface area contributed by atoms with E-state index >= 15 is 0 Å². The highest BCUT2D eigenvalue weighted by molar-refractivity contribution is 5.89. The zero-order chi connectivity index (χ0) is 14.7. The Hall–Kier alpha value is -1.55. The number of hydrogen-bond acceptors (Lipinski definition) is 3. The van der Waals surface area contributed by atoms with Gasteiger partial charge in [0.05, 0.1) is 12.5 Å². The molecule has 0 aromatic heterocycles. The van der Waals surface area contributed by atoms with E-state index in [0.717, 1.165) is 63.2 Å². The number of carbonyl (C=O) groups is 1. The Morgan fingerprint density at radius 2 is 1.95 bits per heavy atom. The van der Waals surface area contributed by atoms with Gasteiger partial charge in [0.2, 0.25) is 5.91 Å². The first-order chi connectivity index (χ1) is 10.3. The number of benzene rings is 1. The van der Waals surface area contributed by atoms with E-state index in [1.807, 2.05) is 23.1 Å². The number of nitrogens with one attached hydrogen (secondary N) is 1. The first-order valence-corrected chi connectivity index (χ1v) is 7.91. The smallest absolute Gasteiger partial charge is 0.233 e.